The number of pyridine rings is 1. The normalized spacial score (nSPS) is 11.4. The molecular formula is C19H14N2O2. The standard InChI is InChI=1S/C19H14N2O2/c1-11-13-7-3-4-8-14(13)17(12(2)22)18-16(11)19(23)21-10-6-5-9-15(21)20-18/h3-10H,1-2H3. The third-order valence-electron chi connectivity index (χ3n) is 4.30. The third-order valence-corrected chi connectivity index (χ3v) is 4.30. The fourth-order valence-corrected chi connectivity index (χ4v) is 3.25. The van der Waals surface area contributed by atoms with E-state index in [0.717, 1.165) is 16.3 Å². The first-order valence-electron chi connectivity index (χ1n) is 7.43. The molecule has 0 aliphatic carbocycles. The number of Topliss-reactive ketones (excluding diaryl/α,β-unsaturated/α-hetero) is 1. The Labute approximate surface area is 132 Å². The van der Waals surface area contributed by atoms with E-state index in [1.165, 1.54) is 11.3 Å². The van der Waals surface area contributed by atoms with Crippen LogP contribution < -0.4 is 5.56 Å². The van der Waals surface area contributed by atoms with Gasteiger partial charge < -0.3 is 0 Å². The summed E-state index contributed by atoms with van der Waals surface area (Å²) in [5, 5.41) is 2.27. The summed E-state index contributed by atoms with van der Waals surface area (Å²) in [6, 6.07) is 13.1. The zero-order valence-corrected chi connectivity index (χ0v) is 12.8. The summed E-state index contributed by atoms with van der Waals surface area (Å²) in [6.45, 7) is 3.43. The SMILES string of the molecule is CC(=O)c1c2ccccc2c(C)c2c(=O)n3ccccc3nc12. The molecule has 0 bridgehead atoms. The summed E-state index contributed by atoms with van der Waals surface area (Å²) in [7, 11) is 0. The van der Waals surface area contributed by atoms with Crippen LogP contribution >= 0.6 is 0 Å². The minimum atomic E-state index is -0.142. The van der Waals surface area contributed by atoms with Crippen LogP contribution in [0.1, 0.15) is 22.8 Å². The summed E-state index contributed by atoms with van der Waals surface area (Å²) in [5.41, 5.74) is 2.27. The number of carbonyl (C=O) groups excluding carboxylic acids is 1. The summed E-state index contributed by atoms with van der Waals surface area (Å²) in [5.74, 6) is -0.0848. The molecule has 0 radical (unpaired) electrons. The minimum absolute atomic E-state index is 0.0848. The Morgan fingerprint density at radius 1 is 1.04 bits per heavy atom. The molecule has 2 heterocycles. The van der Waals surface area contributed by atoms with E-state index in [9.17, 15) is 9.59 Å². The van der Waals surface area contributed by atoms with Crippen molar-refractivity contribution >= 4 is 33.1 Å². The topological polar surface area (TPSA) is 51.4 Å². The van der Waals surface area contributed by atoms with E-state index in [0.29, 0.717) is 22.1 Å². The first-order valence-corrected chi connectivity index (χ1v) is 7.43. The van der Waals surface area contributed by atoms with Crippen LogP contribution in [0.4, 0.5) is 0 Å². The molecule has 0 aliphatic heterocycles. The lowest BCUT2D eigenvalue weighted by atomic mass is 9.94. The molecule has 112 valence electrons. The number of benzene rings is 2. The summed E-state index contributed by atoms with van der Waals surface area (Å²) in [4.78, 5) is 29.8. The average Bonchev–Trinajstić information content (AvgIpc) is 2.55. The Bertz CT molecular complexity index is 1170. The minimum Gasteiger partial charge on any atom is -0.294 e. The predicted molar refractivity (Wildman–Crippen MR) is 91.2 cm³/mol. The highest BCUT2D eigenvalue weighted by atomic mass is 16.1. The van der Waals surface area contributed by atoms with E-state index >= 15 is 0 Å². The number of hydrogen-bond donors (Lipinski definition) is 0. The molecule has 0 fully saturated rings. The van der Waals surface area contributed by atoms with Gasteiger partial charge in [-0.15, -0.1) is 0 Å². The molecule has 4 rings (SSSR count). The molecule has 0 N–H and O–H groups in total. The molecule has 0 amide bonds. The number of aryl methyl sites for hydroxylation is 1. The van der Waals surface area contributed by atoms with E-state index in [1.807, 2.05) is 37.3 Å². The van der Waals surface area contributed by atoms with E-state index in [4.69, 9.17) is 0 Å². The maximum Gasteiger partial charge on any atom is 0.266 e. The van der Waals surface area contributed by atoms with Crippen molar-refractivity contribution in [3.8, 4) is 0 Å². The van der Waals surface area contributed by atoms with Gasteiger partial charge in [0, 0.05) is 6.20 Å². The first-order chi connectivity index (χ1) is 11.1. The summed E-state index contributed by atoms with van der Waals surface area (Å²) < 4.78 is 1.52. The van der Waals surface area contributed by atoms with E-state index in [2.05, 4.69) is 4.98 Å². The third kappa shape index (κ3) is 1.81. The molecule has 0 atom stereocenters. The van der Waals surface area contributed by atoms with Crippen LogP contribution in [0.25, 0.3) is 27.3 Å². The zero-order chi connectivity index (χ0) is 16.1. The van der Waals surface area contributed by atoms with Crippen molar-refractivity contribution in [3.05, 3.63) is 70.1 Å². The molecule has 23 heavy (non-hydrogen) atoms. The zero-order valence-electron chi connectivity index (χ0n) is 12.8. The van der Waals surface area contributed by atoms with Gasteiger partial charge in [0.15, 0.2) is 5.78 Å². The Morgan fingerprint density at radius 3 is 2.48 bits per heavy atom. The van der Waals surface area contributed by atoms with Crippen LogP contribution in [0, 0.1) is 6.92 Å². The number of ketones is 1. The number of nitrogens with zero attached hydrogens (tertiary/aromatic N) is 2. The highest BCUT2D eigenvalue weighted by Crippen LogP contribution is 2.30. The second-order valence-electron chi connectivity index (χ2n) is 5.67. The molecule has 2 aromatic carbocycles. The van der Waals surface area contributed by atoms with Crippen LogP contribution in [-0.4, -0.2) is 15.2 Å². The largest absolute Gasteiger partial charge is 0.294 e. The highest BCUT2D eigenvalue weighted by molar-refractivity contribution is 6.18. The van der Waals surface area contributed by atoms with Gasteiger partial charge in [-0.1, -0.05) is 30.3 Å². The fourth-order valence-electron chi connectivity index (χ4n) is 3.25. The summed E-state index contributed by atoms with van der Waals surface area (Å²) >= 11 is 0. The second-order valence-corrected chi connectivity index (χ2v) is 5.67. The molecule has 0 saturated heterocycles. The fraction of sp³-hybridized carbons (Fsp3) is 0.105. The predicted octanol–water partition coefficient (Wildman–Crippen LogP) is 3.51. The molecule has 0 aliphatic rings. The molecule has 0 saturated carbocycles. The van der Waals surface area contributed by atoms with Crippen molar-refractivity contribution in [1.29, 1.82) is 0 Å². The van der Waals surface area contributed by atoms with Crippen LogP contribution in [-0.2, 0) is 0 Å². The van der Waals surface area contributed by atoms with Crippen LogP contribution in [0.2, 0.25) is 0 Å². The quantitative estimate of drug-likeness (QED) is 0.399. The van der Waals surface area contributed by atoms with Gasteiger partial charge >= 0.3 is 0 Å². The van der Waals surface area contributed by atoms with Gasteiger partial charge in [0.05, 0.1) is 16.5 Å². The van der Waals surface area contributed by atoms with Crippen molar-refractivity contribution in [3.63, 3.8) is 0 Å². The maximum atomic E-state index is 12.9. The molecule has 4 nitrogen and oxygen atoms in total. The van der Waals surface area contributed by atoms with Gasteiger partial charge in [-0.2, -0.15) is 0 Å². The molecule has 4 aromatic rings. The van der Waals surface area contributed by atoms with Crippen molar-refractivity contribution in [2.75, 3.05) is 0 Å². The molecule has 0 spiro atoms. The molecular weight excluding hydrogens is 288 g/mol. The molecule has 2 aromatic heterocycles. The number of fused-ring (bicyclic) bond motifs is 3. The lowest BCUT2D eigenvalue weighted by Gasteiger charge is -2.12. The number of hydrogen-bond acceptors (Lipinski definition) is 3. The highest BCUT2D eigenvalue weighted by Gasteiger charge is 2.18. The first kappa shape index (κ1) is 13.6. The Morgan fingerprint density at radius 2 is 1.74 bits per heavy atom. The van der Waals surface area contributed by atoms with E-state index < -0.39 is 0 Å². The van der Waals surface area contributed by atoms with Crippen molar-refractivity contribution in [2.45, 2.75) is 13.8 Å². The van der Waals surface area contributed by atoms with Gasteiger partial charge in [-0.05, 0) is 42.3 Å². The molecule has 0 unspecified atom stereocenters. The summed E-state index contributed by atoms with van der Waals surface area (Å²) in [6.07, 6.45) is 1.70. The lowest BCUT2D eigenvalue weighted by molar-refractivity contribution is 0.102. The molecule has 4 heteroatoms. The Balaban J connectivity index is 2.42. The second kappa shape index (κ2) is 4.74. The van der Waals surface area contributed by atoms with E-state index in [1.54, 1.807) is 18.3 Å². The van der Waals surface area contributed by atoms with E-state index in [-0.39, 0.29) is 11.3 Å². The van der Waals surface area contributed by atoms with Crippen molar-refractivity contribution in [2.24, 2.45) is 0 Å². The van der Waals surface area contributed by atoms with Crippen molar-refractivity contribution < 1.29 is 4.79 Å². The van der Waals surface area contributed by atoms with Gasteiger partial charge in [0.1, 0.15) is 5.65 Å². The number of rotatable bonds is 1. The van der Waals surface area contributed by atoms with Gasteiger partial charge in [0.2, 0.25) is 0 Å². The average molecular weight is 302 g/mol. The number of aromatic nitrogens is 2. The number of carbonyl (C=O) groups is 1. The Kier molecular flexibility index (Phi) is 2.81. The van der Waals surface area contributed by atoms with Gasteiger partial charge in [-0.25, -0.2) is 4.98 Å². The smallest absolute Gasteiger partial charge is 0.266 e. The van der Waals surface area contributed by atoms with Crippen LogP contribution in [0.5, 0.6) is 0 Å². The van der Waals surface area contributed by atoms with Gasteiger partial charge in [0.25, 0.3) is 5.56 Å². The van der Waals surface area contributed by atoms with Crippen molar-refractivity contribution in [1.82, 2.24) is 9.38 Å². The monoisotopic (exact) mass is 302 g/mol. The van der Waals surface area contributed by atoms with Crippen LogP contribution in [0.15, 0.2) is 53.5 Å². The van der Waals surface area contributed by atoms with Crippen LogP contribution in [0.3, 0.4) is 0 Å². The maximum absolute atomic E-state index is 12.9. The van der Waals surface area contributed by atoms with Gasteiger partial charge in [-0.3, -0.25) is 14.0 Å². The Hall–Kier alpha value is -3.01. The lowest BCUT2D eigenvalue weighted by Crippen LogP contribution is -2.17.